The molecule has 0 amide bonds. The number of rotatable bonds is 2. The van der Waals surface area contributed by atoms with Crippen molar-refractivity contribution in [2.75, 3.05) is 0 Å². The van der Waals surface area contributed by atoms with Gasteiger partial charge in [-0.3, -0.25) is 0 Å². The fraction of sp³-hybridized carbons (Fsp3) is 0.200. The third-order valence-corrected chi connectivity index (χ3v) is 3.03. The van der Waals surface area contributed by atoms with Crippen LogP contribution in [-0.4, -0.2) is 9.97 Å². The highest BCUT2D eigenvalue weighted by Crippen LogP contribution is 2.22. The summed E-state index contributed by atoms with van der Waals surface area (Å²) in [5, 5.41) is 2.05. The Morgan fingerprint density at radius 1 is 1.57 bits per heavy atom. The predicted molar refractivity (Wildman–Crippen MR) is 62.1 cm³/mol. The average Bonchev–Trinajstić information content (AvgIpc) is 2.69. The summed E-state index contributed by atoms with van der Waals surface area (Å²) in [5.41, 5.74) is 1.07. The van der Waals surface area contributed by atoms with Crippen molar-refractivity contribution in [1.82, 2.24) is 9.97 Å². The normalized spacial score (nSPS) is 10.4. The van der Waals surface area contributed by atoms with E-state index in [0.717, 1.165) is 17.9 Å². The minimum Gasteiger partial charge on any atom is -0.342 e. The molecule has 14 heavy (non-hydrogen) atoms. The molecule has 0 aliphatic rings. The van der Waals surface area contributed by atoms with Gasteiger partial charge in [0, 0.05) is 6.42 Å². The molecule has 2 heterocycles. The molecule has 1 N–H and O–H groups in total. The van der Waals surface area contributed by atoms with Crippen LogP contribution >= 0.6 is 23.6 Å². The molecule has 0 saturated carbocycles. The molecule has 4 heteroatoms. The van der Waals surface area contributed by atoms with Gasteiger partial charge in [-0.15, -0.1) is 11.3 Å². The maximum Gasteiger partial charge on any atom is 0.130 e. The first-order valence-corrected chi connectivity index (χ1v) is 5.72. The van der Waals surface area contributed by atoms with Crippen LogP contribution in [0.2, 0.25) is 0 Å². The maximum atomic E-state index is 5.10. The van der Waals surface area contributed by atoms with Crippen molar-refractivity contribution >= 4 is 23.6 Å². The van der Waals surface area contributed by atoms with Gasteiger partial charge in [-0.25, -0.2) is 4.98 Å². The molecule has 0 saturated heterocycles. The van der Waals surface area contributed by atoms with Crippen molar-refractivity contribution in [3.63, 3.8) is 0 Å². The average molecular weight is 222 g/mol. The second kappa shape index (κ2) is 4.02. The van der Waals surface area contributed by atoms with Crippen LogP contribution in [0.1, 0.15) is 12.7 Å². The zero-order chi connectivity index (χ0) is 9.97. The van der Waals surface area contributed by atoms with E-state index >= 15 is 0 Å². The molecule has 0 aromatic carbocycles. The molecule has 2 aromatic heterocycles. The lowest BCUT2D eigenvalue weighted by atomic mass is 10.3. The molecule has 0 fully saturated rings. The van der Waals surface area contributed by atoms with Gasteiger partial charge in [0.15, 0.2) is 0 Å². The summed E-state index contributed by atoms with van der Waals surface area (Å²) < 4.78 is 0.656. The van der Waals surface area contributed by atoms with Crippen LogP contribution in [0.15, 0.2) is 23.6 Å². The van der Waals surface area contributed by atoms with Crippen molar-refractivity contribution in [3.05, 3.63) is 34.0 Å². The van der Waals surface area contributed by atoms with Gasteiger partial charge in [-0.05, 0) is 17.5 Å². The van der Waals surface area contributed by atoms with Crippen LogP contribution in [-0.2, 0) is 6.42 Å². The molecule has 0 spiro atoms. The molecule has 2 rings (SSSR count). The Balaban J connectivity index is 2.54. The largest absolute Gasteiger partial charge is 0.342 e. The van der Waals surface area contributed by atoms with E-state index in [-0.39, 0.29) is 0 Å². The van der Waals surface area contributed by atoms with Crippen molar-refractivity contribution < 1.29 is 0 Å². The lowest BCUT2D eigenvalue weighted by molar-refractivity contribution is 0.937. The second-order valence-corrected chi connectivity index (χ2v) is 4.28. The zero-order valence-electron chi connectivity index (χ0n) is 7.78. The molecule has 2 nitrogen and oxygen atoms in total. The Hall–Kier alpha value is -1.00. The summed E-state index contributed by atoms with van der Waals surface area (Å²) in [5.74, 6) is 0.945. The van der Waals surface area contributed by atoms with Crippen LogP contribution in [0, 0.1) is 4.64 Å². The van der Waals surface area contributed by atoms with E-state index in [9.17, 15) is 0 Å². The molecule has 0 radical (unpaired) electrons. The molecule has 0 aliphatic heterocycles. The van der Waals surface area contributed by atoms with Gasteiger partial charge in [0.25, 0.3) is 0 Å². The molecular weight excluding hydrogens is 212 g/mol. The zero-order valence-corrected chi connectivity index (χ0v) is 9.41. The highest BCUT2D eigenvalue weighted by molar-refractivity contribution is 7.71. The standard InChI is InChI=1S/C10H10N2S2/c1-2-9-11-7(6-10(13)12-9)8-4-3-5-14-8/h3-6H,2H2,1H3,(H,11,12,13). The number of H-pyrrole nitrogens is 1. The number of nitrogens with one attached hydrogen (secondary N) is 1. The van der Waals surface area contributed by atoms with E-state index in [2.05, 4.69) is 28.3 Å². The van der Waals surface area contributed by atoms with E-state index in [1.54, 1.807) is 11.3 Å². The Bertz CT molecular complexity index is 471. The molecule has 0 atom stereocenters. The number of aryl methyl sites for hydroxylation is 1. The first-order valence-electron chi connectivity index (χ1n) is 4.43. The minimum atomic E-state index is 0.656. The number of aromatic amines is 1. The summed E-state index contributed by atoms with van der Waals surface area (Å²) >= 11 is 6.80. The lowest BCUT2D eigenvalue weighted by Gasteiger charge is -2.01. The number of aromatic nitrogens is 2. The number of nitrogens with zero attached hydrogens (tertiary/aromatic N) is 1. The Morgan fingerprint density at radius 3 is 3.07 bits per heavy atom. The SMILES string of the molecule is CCc1nc(=S)cc(-c2cccs2)[nH]1. The maximum absolute atomic E-state index is 5.10. The van der Waals surface area contributed by atoms with E-state index < -0.39 is 0 Å². The second-order valence-electron chi connectivity index (χ2n) is 2.91. The highest BCUT2D eigenvalue weighted by atomic mass is 32.1. The molecule has 0 bridgehead atoms. The smallest absolute Gasteiger partial charge is 0.130 e. The third kappa shape index (κ3) is 1.91. The van der Waals surface area contributed by atoms with Gasteiger partial charge in [0.1, 0.15) is 10.5 Å². The van der Waals surface area contributed by atoms with Crippen LogP contribution in [0.4, 0.5) is 0 Å². The topological polar surface area (TPSA) is 28.7 Å². The van der Waals surface area contributed by atoms with Gasteiger partial charge >= 0.3 is 0 Å². The van der Waals surface area contributed by atoms with Gasteiger partial charge < -0.3 is 4.98 Å². The van der Waals surface area contributed by atoms with E-state index in [0.29, 0.717) is 4.64 Å². The van der Waals surface area contributed by atoms with Gasteiger partial charge in [0.05, 0.1) is 10.6 Å². The molecular formula is C10H10N2S2. The monoisotopic (exact) mass is 222 g/mol. The number of thiophene rings is 1. The molecule has 72 valence electrons. The minimum absolute atomic E-state index is 0.656. The Kier molecular flexibility index (Phi) is 2.74. The van der Waals surface area contributed by atoms with Crippen molar-refractivity contribution in [2.24, 2.45) is 0 Å². The molecule has 2 aromatic rings. The van der Waals surface area contributed by atoms with E-state index in [4.69, 9.17) is 12.2 Å². The lowest BCUT2D eigenvalue weighted by Crippen LogP contribution is -1.94. The van der Waals surface area contributed by atoms with Crippen LogP contribution in [0.3, 0.4) is 0 Å². The summed E-state index contributed by atoms with van der Waals surface area (Å²) in [6.07, 6.45) is 0.878. The quantitative estimate of drug-likeness (QED) is 0.789. The third-order valence-electron chi connectivity index (χ3n) is 1.91. The number of hydrogen-bond donors (Lipinski definition) is 1. The van der Waals surface area contributed by atoms with Crippen molar-refractivity contribution in [3.8, 4) is 10.6 Å². The Morgan fingerprint density at radius 2 is 2.43 bits per heavy atom. The number of hydrogen-bond acceptors (Lipinski definition) is 3. The summed E-state index contributed by atoms with van der Waals surface area (Å²) in [4.78, 5) is 8.70. The fourth-order valence-electron chi connectivity index (χ4n) is 1.24. The highest BCUT2D eigenvalue weighted by Gasteiger charge is 2.00. The summed E-state index contributed by atoms with van der Waals surface area (Å²) in [6, 6.07) is 6.01. The van der Waals surface area contributed by atoms with Crippen LogP contribution < -0.4 is 0 Å². The van der Waals surface area contributed by atoms with Crippen molar-refractivity contribution in [2.45, 2.75) is 13.3 Å². The van der Waals surface area contributed by atoms with E-state index in [1.807, 2.05) is 12.1 Å². The van der Waals surface area contributed by atoms with Gasteiger partial charge in [-0.1, -0.05) is 25.2 Å². The van der Waals surface area contributed by atoms with Crippen molar-refractivity contribution in [1.29, 1.82) is 0 Å². The van der Waals surface area contributed by atoms with Crippen LogP contribution in [0.5, 0.6) is 0 Å². The fourth-order valence-corrected chi connectivity index (χ4v) is 2.17. The molecule has 0 aliphatic carbocycles. The van der Waals surface area contributed by atoms with Crippen LogP contribution in [0.25, 0.3) is 10.6 Å². The Labute approximate surface area is 91.7 Å². The van der Waals surface area contributed by atoms with E-state index in [1.165, 1.54) is 4.88 Å². The summed E-state index contributed by atoms with van der Waals surface area (Å²) in [6.45, 7) is 2.06. The van der Waals surface area contributed by atoms with Gasteiger partial charge in [-0.2, -0.15) is 0 Å². The first-order chi connectivity index (χ1) is 6.79. The first kappa shape index (κ1) is 9.55. The van der Waals surface area contributed by atoms with Gasteiger partial charge in [0.2, 0.25) is 0 Å². The summed E-state index contributed by atoms with van der Waals surface area (Å²) in [7, 11) is 0. The predicted octanol–water partition coefficient (Wildman–Crippen LogP) is 3.43. The molecule has 0 unspecified atom stereocenters.